The average molecular weight is 527 g/mol. The molecule has 0 aliphatic rings. The number of hydrogen-bond acceptors (Lipinski definition) is 6. The molecule has 0 spiro atoms. The van der Waals surface area contributed by atoms with Crippen LogP contribution in [0.5, 0.6) is 0 Å². The van der Waals surface area contributed by atoms with Crippen LogP contribution in [-0.4, -0.2) is 40.6 Å². The van der Waals surface area contributed by atoms with Crippen LogP contribution in [0.4, 0.5) is 26.4 Å². The topological polar surface area (TPSA) is 112 Å². The van der Waals surface area contributed by atoms with Gasteiger partial charge in [-0.1, -0.05) is 35.5 Å². The lowest BCUT2D eigenvalue weighted by molar-refractivity contribution is -0.106. The van der Waals surface area contributed by atoms with Crippen LogP contribution in [0, 0.1) is 5.82 Å². The highest BCUT2D eigenvalue weighted by Gasteiger charge is 2.15. The van der Waals surface area contributed by atoms with E-state index >= 15 is 0 Å². The highest BCUT2D eigenvalue weighted by atomic mass is 35.5. The molecule has 0 saturated heterocycles. The first-order chi connectivity index (χ1) is 17.4. The third kappa shape index (κ3) is 6.83. The lowest BCUT2D eigenvalue weighted by Gasteiger charge is -2.10. The number of benzene rings is 2. The molecule has 0 bridgehead atoms. The predicted octanol–water partition coefficient (Wildman–Crippen LogP) is 6.54. The molecule has 186 valence electrons. The second-order valence-corrected chi connectivity index (χ2v) is 8.38. The zero-order valence-corrected chi connectivity index (χ0v) is 21.3. The van der Waals surface area contributed by atoms with Crippen LogP contribution >= 0.6 is 23.4 Å². The van der Waals surface area contributed by atoms with Gasteiger partial charge in [-0.3, -0.25) is 0 Å². The van der Waals surface area contributed by atoms with Gasteiger partial charge < -0.3 is 25.7 Å². The summed E-state index contributed by atoms with van der Waals surface area (Å²) < 4.78 is 13.3. The first-order valence-corrected chi connectivity index (χ1v) is 12.3. The quantitative estimate of drug-likeness (QED) is 0.167. The second-order valence-electron chi connectivity index (χ2n) is 7.17. The highest BCUT2D eigenvalue weighted by Crippen LogP contribution is 2.34. The summed E-state index contributed by atoms with van der Waals surface area (Å²) in [4.78, 5) is 33.6. The highest BCUT2D eigenvalue weighted by molar-refractivity contribution is 7.98. The smallest absolute Gasteiger partial charge is 0.323 e. The number of rotatable bonds is 6. The number of nitrogens with one attached hydrogen (secondary N) is 4. The Labute approximate surface area is 217 Å². The van der Waals surface area contributed by atoms with Crippen LogP contribution in [0.25, 0.3) is 22.5 Å². The van der Waals surface area contributed by atoms with E-state index in [4.69, 9.17) is 21.4 Å². The summed E-state index contributed by atoms with van der Waals surface area (Å²) >= 11 is 7.28. The molecule has 2 aromatic heterocycles. The first-order valence-electron chi connectivity index (χ1n) is 10.7. The fourth-order valence-electron chi connectivity index (χ4n) is 3.20. The molecule has 0 atom stereocenters. The molecule has 0 aliphatic heterocycles. The van der Waals surface area contributed by atoms with Gasteiger partial charge >= 0.3 is 6.03 Å². The van der Waals surface area contributed by atoms with E-state index in [0.717, 1.165) is 39.8 Å². The minimum absolute atomic E-state index is 0.0667. The number of aldehydes is 1. The normalized spacial score (nSPS) is 10.1. The van der Waals surface area contributed by atoms with E-state index in [2.05, 4.69) is 25.9 Å². The molecule has 0 radical (unpaired) electrons. The van der Waals surface area contributed by atoms with Gasteiger partial charge in [0.2, 0.25) is 0 Å². The number of aromatic amines is 1. The molecule has 0 fully saturated rings. The molecular formula is C25H24ClFN6O2S. The second kappa shape index (κ2) is 12.7. The van der Waals surface area contributed by atoms with Crippen molar-refractivity contribution in [2.24, 2.45) is 0 Å². The molecule has 2 aromatic carbocycles. The van der Waals surface area contributed by atoms with Crippen LogP contribution < -0.4 is 16.0 Å². The molecule has 0 unspecified atom stereocenters. The SMILES string of the molecule is CC=O.CNc1cc(-c2[nH]c(SC)nc2-c2cccc(NC(=O)Nc3ccc(F)c(Cl)c3)c2)ccn1. The van der Waals surface area contributed by atoms with Gasteiger partial charge in [-0.2, -0.15) is 0 Å². The van der Waals surface area contributed by atoms with Crippen molar-refractivity contribution in [2.45, 2.75) is 12.1 Å². The van der Waals surface area contributed by atoms with Gasteiger partial charge in [0.05, 0.1) is 16.4 Å². The molecule has 4 aromatic rings. The summed E-state index contributed by atoms with van der Waals surface area (Å²) in [6.45, 7) is 1.44. The van der Waals surface area contributed by atoms with E-state index in [9.17, 15) is 9.18 Å². The van der Waals surface area contributed by atoms with E-state index < -0.39 is 11.8 Å². The minimum atomic E-state index is -0.550. The molecule has 2 amide bonds. The Morgan fingerprint density at radius 1 is 1.08 bits per heavy atom. The lowest BCUT2D eigenvalue weighted by atomic mass is 10.1. The summed E-state index contributed by atoms with van der Waals surface area (Å²) in [6.07, 6.45) is 4.43. The number of hydrogen-bond donors (Lipinski definition) is 4. The lowest BCUT2D eigenvalue weighted by Crippen LogP contribution is -2.19. The van der Waals surface area contributed by atoms with Crippen molar-refractivity contribution in [1.29, 1.82) is 0 Å². The monoisotopic (exact) mass is 526 g/mol. The van der Waals surface area contributed by atoms with Crippen molar-refractivity contribution in [3.63, 3.8) is 0 Å². The maximum absolute atomic E-state index is 13.3. The van der Waals surface area contributed by atoms with Gasteiger partial charge in [0.15, 0.2) is 5.16 Å². The van der Waals surface area contributed by atoms with E-state index in [-0.39, 0.29) is 5.02 Å². The van der Waals surface area contributed by atoms with Crippen molar-refractivity contribution >= 4 is 52.9 Å². The number of amides is 2. The first kappa shape index (κ1) is 26.7. The van der Waals surface area contributed by atoms with E-state index in [0.29, 0.717) is 11.4 Å². The number of thioether (sulfide) groups is 1. The number of anilines is 3. The number of nitrogens with zero attached hydrogens (tertiary/aromatic N) is 2. The summed E-state index contributed by atoms with van der Waals surface area (Å²) in [6, 6.07) is 14.7. The van der Waals surface area contributed by atoms with Gasteiger partial charge in [-0.15, -0.1) is 0 Å². The number of urea groups is 1. The Hall–Kier alpha value is -3.89. The molecule has 8 nitrogen and oxygen atoms in total. The van der Waals surface area contributed by atoms with Crippen molar-refractivity contribution in [1.82, 2.24) is 15.0 Å². The molecule has 2 heterocycles. The van der Waals surface area contributed by atoms with Crippen LogP contribution in [-0.2, 0) is 4.79 Å². The van der Waals surface area contributed by atoms with Gasteiger partial charge in [0.1, 0.15) is 17.9 Å². The molecule has 0 aliphatic carbocycles. The standard InChI is InChI=1S/C23H20ClFN6OS.C2H4O/c1-26-19-11-14(8-9-27-19)21-20(30-23(31-21)33-2)13-4-3-5-15(10-13)28-22(32)29-16-6-7-18(25)17(24)12-16;1-2-3/h3-12H,1-2H3,(H,26,27)(H,30,31)(H2,28,29,32);2H,1H3. The van der Waals surface area contributed by atoms with Crippen molar-refractivity contribution in [3.8, 4) is 22.5 Å². The molecule has 4 rings (SSSR count). The van der Waals surface area contributed by atoms with Crippen LogP contribution in [0.2, 0.25) is 5.02 Å². The maximum Gasteiger partial charge on any atom is 0.323 e. The van der Waals surface area contributed by atoms with Crippen molar-refractivity contribution in [2.75, 3.05) is 29.3 Å². The Kier molecular flexibility index (Phi) is 9.43. The summed E-state index contributed by atoms with van der Waals surface area (Å²) in [5.74, 6) is 0.192. The Balaban J connectivity index is 0.00000115. The van der Waals surface area contributed by atoms with Gasteiger partial charge in [-0.05, 0) is 55.6 Å². The average Bonchev–Trinajstić information content (AvgIpc) is 3.32. The predicted molar refractivity (Wildman–Crippen MR) is 144 cm³/mol. The zero-order valence-electron chi connectivity index (χ0n) is 19.7. The number of halogens is 2. The minimum Gasteiger partial charge on any atom is -0.373 e. The number of aromatic nitrogens is 3. The Bertz CT molecular complexity index is 1360. The van der Waals surface area contributed by atoms with Crippen LogP contribution in [0.1, 0.15) is 6.92 Å². The van der Waals surface area contributed by atoms with E-state index in [1.807, 2.05) is 43.6 Å². The fourth-order valence-corrected chi connectivity index (χ4v) is 3.77. The van der Waals surface area contributed by atoms with Crippen molar-refractivity contribution in [3.05, 3.63) is 71.6 Å². The van der Waals surface area contributed by atoms with Gasteiger partial charge in [0.25, 0.3) is 0 Å². The number of imidazole rings is 1. The van der Waals surface area contributed by atoms with E-state index in [1.54, 1.807) is 12.3 Å². The van der Waals surface area contributed by atoms with Gasteiger partial charge in [0, 0.05) is 35.7 Å². The Morgan fingerprint density at radius 2 is 1.81 bits per heavy atom. The fraction of sp³-hybridized carbons (Fsp3) is 0.120. The third-order valence-corrected chi connectivity index (χ3v) is 5.62. The largest absolute Gasteiger partial charge is 0.373 e. The molecular weight excluding hydrogens is 503 g/mol. The molecule has 4 N–H and O–H groups in total. The molecule has 0 saturated carbocycles. The number of pyridine rings is 1. The Morgan fingerprint density at radius 3 is 2.47 bits per heavy atom. The number of H-pyrrole nitrogens is 1. The summed E-state index contributed by atoms with van der Waals surface area (Å²) in [7, 11) is 1.81. The third-order valence-electron chi connectivity index (χ3n) is 4.75. The maximum atomic E-state index is 13.3. The molecule has 11 heteroatoms. The number of carbonyl (C=O) groups excluding carboxylic acids is 2. The van der Waals surface area contributed by atoms with E-state index in [1.165, 1.54) is 36.9 Å². The van der Waals surface area contributed by atoms with Crippen LogP contribution in [0.3, 0.4) is 0 Å². The van der Waals surface area contributed by atoms with Crippen molar-refractivity contribution < 1.29 is 14.0 Å². The summed E-state index contributed by atoms with van der Waals surface area (Å²) in [5.41, 5.74) is 4.31. The van der Waals surface area contributed by atoms with Gasteiger partial charge in [-0.25, -0.2) is 19.2 Å². The number of carbonyl (C=O) groups is 2. The zero-order chi connectivity index (χ0) is 26.1. The van der Waals surface area contributed by atoms with Crippen LogP contribution in [0.15, 0.2) is 66.0 Å². The molecule has 36 heavy (non-hydrogen) atoms. The summed E-state index contributed by atoms with van der Waals surface area (Å²) in [5, 5.41) is 9.17.